The minimum absolute atomic E-state index is 0.161. The minimum atomic E-state index is -0.210. The lowest BCUT2D eigenvalue weighted by Crippen LogP contribution is -2.26. The number of hydrogen-bond donors (Lipinski definition) is 2. The number of pyridine rings is 1. The van der Waals surface area contributed by atoms with Crippen molar-refractivity contribution in [1.29, 1.82) is 0 Å². The lowest BCUT2D eigenvalue weighted by molar-refractivity contribution is 0.0950. The van der Waals surface area contributed by atoms with Crippen molar-refractivity contribution < 1.29 is 9.53 Å². The number of aromatic nitrogens is 1. The van der Waals surface area contributed by atoms with Crippen molar-refractivity contribution in [2.45, 2.75) is 20.4 Å². The number of benzene rings is 2. The standard InChI is InChI=1S/C20H20N2O3/c1-12-4-5-14(8-13(12)2)19(23)21-11-16-9-15-10-17(25-3)6-7-18(15)22-20(16)24/h4-10H,11H2,1-3H3,(H,21,23)(H,22,24). The van der Waals surface area contributed by atoms with E-state index in [-0.39, 0.29) is 18.0 Å². The molecular formula is C20H20N2O3. The molecule has 2 aromatic carbocycles. The maximum absolute atomic E-state index is 12.3. The van der Waals surface area contributed by atoms with E-state index in [0.29, 0.717) is 16.9 Å². The van der Waals surface area contributed by atoms with E-state index in [1.165, 1.54) is 0 Å². The maximum Gasteiger partial charge on any atom is 0.253 e. The molecule has 1 amide bonds. The maximum atomic E-state index is 12.3. The predicted molar refractivity (Wildman–Crippen MR) is 98.2 cm³/mol. The number of amides is 1. The summed E-state index contributed by atoms with van der Waals surface area (Å²) in [6.07, 6.45) is 0. The first-order chi connectivity index (χ1) is 12.0. The molecule has 1 heterocycles. The molecule has 128 valence electrons. The van der Waals surface area contributed by atoms with Crippen molar-refractivity contribution in [3.05, 3.63) is 75.1 Å². The lowest BCUT2D eigenvalue weighted by Gasteiger charge is -2.08. The third-order valence-corrected chi connectivity index (χ3v) is 4.34. The summed E-state index contributed by atoms with van der Waals surface area (Å²) in [4.78, 5) is 27.3. The zero-order valence-corrected chi connectivity index (χ0v) is 14.5. The summed E-state index contributed by atoms with van der Waals surface area (Å²) >= 11 is 0. The molecule has 0 atom stereocenters. The van der Waals surface area contributed by atoms with Gasteiger partial charge in [0, 0.05) is 28.6 Å². The largest absolute Gasteiger partial charge is 0.497 e. The number of hydrogen-bond acceptors (Lipinski definition) is 3. The number of carbonyl (C=O) groups is 1. The number of ether oxygens (including phenoxy) is 1. The van der Waals surface area contributed by atoms with Gasteiger partial charge in [-0.15, -0.1) is 0 Å². The fraction of sp³-hybridized carbons (Fsp3) is 0.200. The third kappa shape index (κ3) is 3.55. The van der Waals surface area contributed by atoms with Crippen LogP contribution in [0.4, 0.5) is 0 Å². The van der Waals surface area contributed by atoms with Gasteiger partial charge in [0.25, 0.3) is 11.5 Å². The van der Waals surface area contributed by atoms with Crippen LogP contribution in [0, 0.1) is 13.8 Å². The molecule has 5 nitrogen and oxygen atoms in total. The Morgan fingerprint density at radius 3 is 2.60 bits per heavy atom. The highest BCUT2D eigenvalue weighted by Crippen LogP contribution is 2.18. The quantitative estimate of drug-likeness (QED) is 0.769. The SMILES string of the molecule is COc1ccc2[nH]c(=O)c(CNC(=O)c3ccc(C)c(C)c3)cc2c1. The first kappa shape index (κ1) is 16.8. The van der Waals surface area contributed by atoms with Crippen molar-refractivity contribution in [3.8, 4) is 5.75 Å². The van der Waals surface area contributed by atoms with Gasteiger partial charge in [0.2, 0.25) is 0 Å². The topological polar surface area (TPSA) is 71.2 Å². The Morgan fingerprint density at radius 1 is 1.08 bits per heavy atom. The van der Waals surface area contributed by atoms with Crippen LogP contribution >= 0.6 is 0 Å². The van der Waals surface area contributed by atoms with Crippen LogP contribution < -0.4 is 15.6 Å². The van der Waals surface area contributed by atoms with Crippen LogP contribution in [-0.2, 0) is 6.54 Å². The van der Waals surface area contributed by atoms with Crippen LogP contribution in [0.5, 0.6) is 5.75 Å². The smallest absolute Gasteiger partial charge is 0.253 e. The molecule has 0 bridgehead atoms. The average molecular weight is 336 g/mol. The van der Waals surface area contributed by atoms with Gasteiger partial charge < -0.3 is 15.0 Å². The van der Waals surface area contributed by atoms with Crippen molar-refractivity contribution in [1.82, 2.24) is 10.3 Å². The van der Waals surface area contributed by atoms with Gasteiger partial charge in [-0.25, -0.2) is 0 Å². The van der Waals surface area contributed by atoms with Crippen molar-refractivity contribution >= 4 is 16.8 Å². The van der Waals surface area contributed by atoms with E-state index in [1.807, 2.05) is 32.0 Å². The number of fused-ring (bicyclic) bond motifs is 1. The molecule has 3 aromatic rings. The number of carbonyl (C=O) groups excluding carboxylic acids is 1. The Hall–Kier alpha value is -3.08. The molecule has 0 aliphatic carbocycles. The molecular weight excluding hydrogens is 316 g/mol. The highest BCUT2D eigenvalue weighted by Gasteiger charge is 2.09. The second kappa shape index (κ2) is 6.81. The molecule has 5 heteroatoms. The second-order valence-corrected chi connectivity index (χ2v) is 6.06. The molecule has 0 saturated carbocycles. The lowest BCUT2D eigenvalue weighted by atomic mass is 10.1. The second-order valence-electron chi connectivity index (χ2n) is 6.06. The number of H-pyrrole nitrogens is 1. The van der Waals surface area contributed by atoms with Crippen LogP contribution in [0.1, 0.15) is 27.0 Å². The Kier molecular flexibility index (Phi) is 4.57. The summed E-state index contributed by atoms with van der Waals surface area (Å²) in [6.45, 7) is 4.13. The third-order valence-electron chi connectivity index (χ3n) is 4.34. The van der Waals surface area contributed by atoms with Crippen molar-refractivity contribution in [2.24, 2.45) is 0 Å². The zero-order chi connectivity index (χ0) is 18.0. The Bertz CT molecular complexity index is 1010. The summed E-state index contributed by atoms with van der Waals surface area (Å²) in [5.41, 5.74) is 3.80. The molecule has 0 spiro atoms. The predicted octanol–water partition coefficient (Wildman–Crippen LogP) is 3.08. The van der Waals surface area contributed by atoms with E-state index in [2.05, 4.69) is 10.3 Å². The van der Waals surface area contributed by atoms with Crippen LogP contribution in [-0.4, -0.2) is 18.0 Å². The van der Waals surface area contributed by atoms with E-state index in [4.69, 9.17) is 4.74 Å². The van der Waals surface area contributed by atoms with Crippen LogP contribution in [0.3, 0.4) is 0 Å². The molecule has 0 aliphatic heterocycles. The molecule has 0 aliphatic rings. The molecule has 0 unspecified atom stereocenters. The van der Waals surface area contributed by atoms with E-state index in [0.717, 1.165) is 22.0 Å². The van der Waals surface area contributed by atoms with Crippen LogP contribution in [0.2, 0.25) is 0 Å². The van der Waals surface area contributed by atoms with Crippen molar-refractivity contribution in [3.63, 3.8) is 0 Å². The molecule has 1 aromatic heterocycles. The Labute approximate surface area is 145 Å². The zero-order valence-electron chi connectivity index (χ0n) is 14.5. The normalized spacial score (nSPS) is 10.7. The summed E-state index contributed by atoms with van der Waals surface area (Å²) < 4.78 is 5.21. The summed E-state index contributed by atoms with van der Waals surface area (Å²) in [5, 5.41) is 3.66. The van der Waals surface area contributed by atoms with E-state index in [9.17, 15) is 9.59 Å². The molecule has 25 heavy (non-hydrogen) atoms. The average Bonchev–Trinajstić information content (AvgIpc) is 2.61. The first-order valence-corrected chi connectivity index (χ1v) is 8.03. The van der Waals surface area contributed by atoms with Crippen LogP contribution in [0.15, 0.2) is 47.3 Å². The fourth-order valence-electron chi connectivity index (χ4n) is 2.65. The van der Waals surface area contributed by atoms with Crippen LogP contribution in [0.25, 0.3) is 10.9 Å². The van der Waals surface area contributed by atoms with Gasteiger partial charge in [-0.3, -0.25) is 9.59 Å². The highest BCUT2D eigenvalue weighted by molar-refractivity contribution is 5.94. The first-order valence-electron chi connectivity index (χ1n) is 8.03. The minimum Gasteiger partial charge on any atom is -0.497 e. The monoisotopic (exact) mass is 336 g/mol. The summed E-state index contributed by atoms with van der Waals surface area (Å²) in [5.74, 6) is 0.512. The van der Waals surface area contributed by atoms with E-state index in [1.54, 1.807) is 31.4 Å². The Morgan fingerprint density at radius 2 is 1.88 bits per heavy atom. The number of rotatable bonds is 4. The molecule has 0 radical (unpaired) electrons. The highest BCUT2D eigenvalue weighted by atomic mass is 16.5. The molecule has 3 rings (SSSR count). The van der Waals surface area contributed by atoms with Gasteiger partial charge in [0.1, 0.15) is 5.75 Å². The number of methoxy groups -OCH3 is 1. The summed E-state index contributed by atoms with van der Waals surface area (Å²) in [7, 11) is 1.59. The fourth-order valence-corrected chi connectivity index (χ4v) is 2.65. The molecule has 0 fully saturated rings. The number of aromatic amines is 1. The molecule has 2 N–H and O–H groups in total. The van der Waals surface area contributed by atoms with Gasteiger partial charge in [0.05, 0.1) is 7.11 Å². The number of aryl methyl sites for hydroxylation is 2. The van der Waals surface area contributed by atoms with Gasteiger partial charge in [-0.05, 0) is 61.4 Å². The molecule has 0 saturated heterocycles. The van der Waals surface area contributed by atoms with E-state index < -0.39 is 0 Å². The van der Waals surface area contributed by atoms with Gasteiger partial charge >= 0.3 is 0 Å². The van der Waals surface area contributed by atoms with Gasteiger partial charge in [-0.1, -0.05) is 6.07 Å². The van der Waals surface area contributed by atoms with Gasteiger partial charge in [0.15, 0.2) is 0 Å². The van der Waals surface area contributed by atoms with Crippen molar-refractivity contribution in [2.75, 3.05) is 7.11 Å². The summed E-state index contributed by atoms with van der Waals surface area (Å²) in [6, 6.07) is 12.8. The Balaban J connectivity index is 1.82. The van der Waals surface area contributed by atoms with E-state index >= 15 is 0 Å². The van der Waals surface area contributed by atoms with Gasteiger partial charge in [-0.2, -0.15) is 0 Å². The number of nitrogens with one attached hydrogen (secondary N) is 2.